The van der Waals surface area contributed by atoms with Gasteiger partial charge in [-0.3, -0.25) is 0 Å². The molecule has 122 heavy (non-hydrogen) atoms. The first kappa shape index (κ1) is 82.7. The molecule has 47 nitrogen and oxygen atoms in total. The summed E-state index contributed by atoms with van der Waals surface area (Å²) in [4.78, 5) is 135. The average molecular weight is 1710 g/mol. The van der Waals surface area contributed by atoms with Gasteiger partial charge in [0.05, 0.1) is 56.0 Å². The predicted octanol–water partition coefficient (Wildman–Crippen LogP) is 2.45. The topological polar surface area (TPSA) is 812 Å². The molecule has 28 N–H and O–H groups in total. The predicted molar refractivity (Wildman–Crippen MR) is 379 cm³/mol. The van der Waals surface area contributed by atoms with E-state index in [0.29, 0.717) is 54.6 Å². The van der Waals surface area contributed by atoms with Gasteiger partial charge in [0, 0.05) is 33.4 Å². The molecule has 0 amide bonds. The lowest BCUT2D eigenvalue weighted by molar-refractivity contribution is -0.282. The van der Waals surface area contributed by atoms with Gasteiger partial charge in [0.2, 0.25) is 41.1 Å². The van der Waals surface area contributed by atoms with Crippen LogP contribution in [0.1, 0.15) is 110 Å². The molecule has 1 saturated heterocycles. The molecular formula is C75H54O47. The number of aliphatic hydroxyl groups excluding tert-OH is 1. The molecular weight excluding hydrogens is 1650 g/mol. The Morgan fingerprint density at radius 2 is 0.639 bits per heavy atom. The van der Waals surface area contributed by atoms with Gasteiger partial charge in [-0.2, -0.15) is 0 Å². The summed E-state index contributed by atoms with van der Waals surface area (Å²) in [6.45, 7) is -3.47. The summed E-state index contributed by atoms with van der Waals surface area (Å²) in [6.07, 6.45) is -27.9. The maximum Gasteiger partial charge on any atom is 0.340 e. The van der Waals surface area contributed by atoms with Crippen LogP contribution in [0.25, 0.3) is 22.3 Å². The van der Waals surface area contributed by atoms with Crippen LogP contribution in [0.4, 0.5) is 0 Å². The van der Waals surface area contributed by atoms with Crippen molar-refractivity contribution in [2.24, 2.45) is 0 Å². The third-order valence-corrected chi connectivity index (χ3v) is 19.3. The van der Waals surface area contributed by atoms with E-state index in [1.165, 1.54) is 0 Å². The van der Waals surface area contributed by atoms with Gasteiger partial charge in [0.1, 0.15) is 25.4 Å². The number of esters is 9. The number of phenolic OH excluding ortho intramolecular Hbond substituents is 27. The van der Waals surface area contributed by atoms with E-state index in [1.54, 1.807) is 0 Å². The molecule has 1 fully saturated rings. The number of phenols is 27. The Labute approximate surface area is 670 Å². The molecule has 1 unspecified atom stereocenters. The van der Waals surface area contributed by atoms with Crippen LogP contribution in [0, 0.1) is 0 Å². The standard InChI is InChI=1S/C75H54O47/c76-23-1-15(2-24(77)45(23)89)66(104)114-14-36-61(64(119-67(105)16-3-25(78)46(90)26(79)4-16)65(121-68(106)17-5-27(80)47(91)28(81)6-17)75(115-36)122-69(107)18-7-29(82)48(92)30(83)8-18)117-72(110)22-12-34(87)52(96)56(100)40(22)43-42-44-41(57(101)59(103)58(42)102)39-21(11-33(86)51(95)55(39)99)73(111)120-63(62(43)118-74(44)112)60-35(88)13-113-70(108)19-9-31(84)49(93)53(97)37(19)38-20(71(109)116-60)10-32(85)50(94)54(38)98/h1-12,35-36,43,60-65,75-103H,13-14H2/t35?,36-,43-,60-,61-,62+,63-,64+,65-,75+/m1/s1. The molecule has 4 heterocycles. The molecule has 636 valence electrons. The van der Waals surface area contributed by atoms with Crippen LogP contribution in [0.2, 0.25) is 0 Å². The van der Waals surface area contributed by atoms with E-state index >= 15 is 19.2 Å². The number of carbonyl (C=O) groups is 9. The molecule has 4 aliphatic heterocycles. The summed E-state index contributed by atoms with van der Waals surface area (Å²) >= 11 is 0. The lowest BCUT2D eigenvalue weighted by atomic mass is 9.73. The number of ether oxygens (including phenoxy) is 10. The highest BCUT2D eigenvalue weighted by Crippen LogP contribution is 2.62. The summed E-state index contributed by atoms with van der Waals surface area (Å²) in [5.41, 5.74) is -20.5. The number of fused-ring (bicyclic) bond motifs is 7. The molecule has 4 aliphatic rings. The normalized spacial score (nSPS) is 19.7. The summed E-state index contributed by atoms with van der Waals surface area (Å²) in [7, 11) is 0. The van der Waals surface area contributed by atoms with Crippen LogP contribution in [0.15, 0.2) is 72.8 Å². The first-order chi connectivity index (χ1) is 57.3. The molecule has 9 aromatic carbocycles. The number of aliphatic hydroxyl groups is 1. The Morgan fingerprint density at radius 3 is 1.08 bits per heavy atom. The minimum atomic E-state index is -3.32. The largest absolute Gasteiger partial charge is 0.504 e. The highest BCUT2D eigenvalue weighted by Gasteiger charge is 2.59. The highest BCUT2D eigenvalue weighted by molar-refractivity contribution is 6.12. The van der Waals surface area contributed by atoms with Gasteiger partial charge in [-0.1, -0.05) is 0 Å². The van der Waals surface area contributed by atoms with E-state index in [-0.39, 0.29) is 18.2 Å². The average Bonchev–Trinajstić information content (AvgIpc) is 0.702. The maximum absolute atomic E-state index is 16.3. The fraction of sp³-hybridized carbons (Fsp3) is 0.160. The van der Waals surface area contributed by atoms with Crippen LogP contribution < -0.4 is 0 Å². The number of carbonyl (C=O) groups excluding carboxylic acids is 9. The van der Waals surface area contributed by atoms with E-state index in [2.05, 4.69) is 0 Å². The van der Waals surface area contributed by atoms with Gasteiger partial charge in [0.25, 0.3) is 0 Å². The zero-order chi connectivity index (χ0) is 89.2. The van der Waals surface area contributed by atoms with Crippen molar-refractivity contribution in [3.8, 4) is 177 Å². The Bertz CT molecular complexity index is 5990. The molecule has 0 saturated carbocycles. The number of benzene rings is 9. The van der Waals surface area contributed by atoms with Crippen LogP contribution in [-0.2, 0) is 47.4 Å². The van der Waals surface area contributed by atoms with Crippen molar-refractivity contribution >= 4 is 53.7 Å². The van der Waals surface area contributed by atoms with Crippen molar-refractivity contribution in [2.75, 3.05) is 13.2 Å². The van der Waals surface area contributed by atoms with E-state index in [9.17, 15) is 167 Å². The van der Waals surface area contributed by atoms with Crippen LogP contribution in [0.3, 0.4) is 0 Å². The van der Waals surface area contributed by atoms with Crippen LogP contribution in [-0.4, -0.2) is 265 Å². The molecule has 0 aromatic heterocycles. The Hall–Kier alpha value is -17.3. The second kappa shape index (κ2) is 30.4. The first-order valence-electron chi connectivity index (χ1n) is 33.9. The SMILES string of the molecule is O=C(OC[C@H]1O[C@@H](OC(=O)c2cc(O)c(O)c(O)c2)[C@H](OC(=O)c2cc(O)c(O)c(O)c2)[C@@H](OC(=O)c2cc(O)c(O)c(O)c2)[C@@H]1OC(=O)c1cc(O)c(O)c(O)c1[C@@H]1c2c(O)c(O)c(O)c3c2C(=O)O[C@@H]1[C@@H]([C@@H]1OC(=O)c2cc(O)c(O)c(O)c2-c2c(cc(O)c(O)c2O)C(=O)OCC1O)OC(=O)c1cc(O)c(O)c(O)c1-3)c1cc(O)c(O)c(O)c1. The molecule has 2 bridgehead atoms. The van der Waals surface area contributed by atoms with E-state index in [0.717, 1.165) is 0 Å². The summed E-state index contributed by atoms with van der Waals surface area (Å²) in [6, 6.07) is 3.71. The summed E-state index contributed by atoms with van der Waals surface area (Å²) in [5, 5.41) is 311. The minimum absolute atomic E-state index is 0.0159. The maximum atomic E-state index is 16.3. The third kappa shape index (κ3) is 13.9. The number of hydrogen-bond acceptors (Lipinski definition) is 47. The van der Waals surface area contributed by atoms with Gasteiger partial charge in [-0.15, -0.1) is 0 Å². The summed E-state index contributed by atoms with van der Waals surface area (Å²) < 4.78 is 57.3. The Kier molecular flexibility index (Phi) is 20.6. The fourth-order valence-electron chi connectivity index (χ4n) is 13.6. The minimum Gasteiger partial charge on any atom is -0.504 e. The molecule has 0 radical (unpaired) electrons. The molecule has 47 heteroatoms. The van der Waals surface area contributed by atoms with Gasteiger partial charge >= 0.3 is 53.7 Å². The van der Waals surface area contributed by atoms with Crippen molar-refractivity contribution in [3.05, 3.63) is 134 Å². The van der Waals surface area contributed by atoms with Gasteiger partial charge < -0.3 is 190 Å². The molecule has 13 rings (SSSR count). The highest BCUT2D eigenvalue weighted by atomic mass is 16.8. The molecule has 0 aliphatic carbocycles. The number of rotatable bonds is 13. The Balaban J connectivity index is 1.07. The third-order valence-electron chi connectivity index (χ3n) is 19.3. The van der Waals surface area contributed by atoms with E-state index in [4.69, 9.17) is 47.4 Å². The first-order valence-corrected chi connectivity index (χ1v) is 33.9. The quantitative estimate of drug-likeness (QED) is 0.0448. The van der Waals surface area contributed by atoms with Crippen LogP contribution in [0.5, 0.6) is 155 Å². The van der Waals surface area contributed by atoms with E-state index < -0.39 is 367 Å². The van der Waals surface area contributed by atoms with Gasteiger partial charge in [0.15, 0.2) is 157 Å². The fourth-order valence-corrected chi connectivity index (χ4v) is 13.6. The number of aromatic hydroxyl groups is 27. The van der Waals surface area contributed by atoms with Crippen molar-refractivity contribution in [3.63, 3.8) is 0 Å². The van der Waals surface area contributed by atoms with Gasteiger partial charge in [-0.05, 0) is 72.8 Å². The molecule has 0 spiro atoms. The van der Waals surface area contributed by atoms with Crippen molar-refractivity contribution in [1.82, 2.24) is 0 Å². The zero-order valence-corrected chi connectivity index (χ0v) is 59.9. The van der Waals surface area contributed by atoms with E-state index in [1.807, 2.05) is 0 Å². The zero-order valence-electron chi connectivity index (χ0n) is 59.9. The lowest BCUT2D eigenvalue weighted by Crippen LogP contribution is -2.63. The molecule has 10 atom stereocenters. The second-order valence-corrected chi connectivity index (χ2v) is 26.7. The lowest BCUT2D eigenvalue weighted by Gasteiger charge is -2.44. The number of cyclic esters (lactones) is 3. The second-order valence-electron chi connectivity index (χ2n) is 26.7. The monoisotopic (exact) mass is 1710 g/mol. The van der Waals surface area contributed by atoms with Crippen molar-refractivity contribution in [2.45, 2.75) is 61.0 Å². The molecule has 9 aromatic rings. The summed E-state index contributed by atoms with van der Waals surface area (Å²) in [5.74, 6) is -63.3. The van der Waals surface area contributed by atoms with Crippen molar-refractivity contribution in [1.29, 1.82) is 0 Å². The smallest absolute Gasteiger partial charge is 0.340 e. The van der Waals surface area contributed by atoms with Crippen molar-refractivity contribution < 1.29 is 234 Å². The van der Waals surface area contributed by atoms with Crippen LogP contribution >= 0.6 is 0 Å². The number of hydrogen-bond donors (Lipinski definition) is 28. The Morgan fingerprint density at radius 1 is 0.303 bits per heavy atom. The van der Waals surface area contributed by atoms with Gasteiger partial charge in [-0.25, -0.2) is 43.2 Å².